The van der Waals surface area contributed by atoms with E-state index in [0.717, 1.165) is 42.6 Å². The lowest BCUT2D eigenvalue weighted by Gasteiger charge is -2.62. The maximum absolute atomic E-state index is 12.8. The minimum Gasteiger partial charge on any atom is -0.397 e. The first-order valence-corrected chi connectivity index (χ1v) is 12.4. The quantitative estimate of drug-likeness (QED) is 0.485. The number of benzene rings is 2. The molecule has 3 fully saturated rings. The van der Waals surface area contributed by atoms with Gasteiger partial charge in [-0.15, -0.1) is 0 Å². The molecular formula is C28H34N4O. The number of nitrogens with zero attached hydrogens (tertiary/aromatic N) is 2. The molecule has 2 saturated carbocycles. The van der Waals surface area contributed by atoms with Crippen molar-refractivity contribution in [2.24, 2.45) is 23.2 Å². The van der Waals surface area contributed by atoms with Crippen molar-refractivity contribution in [2.75, 3.05) is 44.3 Å². The molecule has 0 radical (unpaired) electrons. The van der Waals surface area contributed by atoms with Gasteiger partial charge in [-0.3, -0.25) is 0 Å². The van der Waals surface area contributed by atoms with Crippen LogP contribution in [0.15, 0.2) is 60.2 Å². The topological polar surface area (TPSA) is 61.6 Å². The number of hydrogen-bond donors (Lipinski definition) is 2. The first kappa shape index (κ1) is 20.8. The Hall–Kier alpha value is -2.79. The van der Waals surface area contributed by atoms with Crippen molar-refractivity contribution in [2.45, 2.75) is 25.7 Å². The predicted molar refractivity (Wildman–Crippen MR) is 134 cm³/mol. The van der Waals surface area contributed by atoms with Gasteiger partial charge in [0.15, 0.2) is 0 Å². The van der Waals surface area contributed by atoms with E-state index in [1.165, 1.54) is 32.2 Å². The van der Waals surface area contributed by atoms with Crippen molar-refractivity contribution in [3.05, 3.63) is 60.2 Å². The summed E-state index contributed by atoms with van der Waals surface area (Å²) in [6, 6.07) is 15.9. The SMILES string of the molecule is CN(CC1CN(C(=O)Nc2cc(-c3ccccc3)ccc2N)C1)CC12CC3CC=C1C(C3)C2. The second kappa shape index (κ2) is 7.91. The summed E-state index contributed by atoms with van der Waals surface area (Å²) >= 11 is 0. The summed E-state index contributed by atoms with van der Waals surface area (Å²) in [5.41, 5.74) is 11.9. The smallest absolute Gasteiger partial charge is 0.321 e. The average molecular weight is 443 g/mol. The van der Waals surface area contributed by atoms with Crippen LogP contribution in [0.25, 0.3) is 11.1 Å². The van der Waals surface area contributed by atoms with Crippen LogP contribution in [0.5, 0.6) is 0 Å². The van der Waals surface area contributed by atoms with Gasteiger partial charge in [0, 0.05) is 37.5 Å². The number of allylic oxidation sites excluding steroid dienone is 1. The van der Waals surface area contributed by atoms with Crippen LogP contribution < -0.4 is 11.1 Å². The van der Waals surface area contributed by atoms with Gasteiger partial charge in [0.1, 0.15) is 0 Å². The Bertz CT molecular complexity index is 1090. The van der Waals surface area contributed by atoms with Gasteiger partial charge in [-0.05, 0) is 67.8 Å². The Labute approximate surface area is 196 Å². The first-order valence-electron chi connectivity index (χ1n) is 12.4. The van der Waals surface area contributed by atoms with Crippen molar-refractivity contribution in [3.63, 3.8) is 0 Å². The van der Waals surface area contributed by atoms with Gasteiger partial charge in [-0.1, -0.05) is 48.0 Å². The van der Waals surface area contributed by atoms with Crippen LogP contribution in [0.2, 0.25) is 0 Å². The number of nitrogen functional groups attached to an aromatic ring is 1. The number of carbonyl (C=O) groups is 1. The van der Waals surface area contributed by atoms with Crippen molar-refractivity contribution in [1.82, 2.24) is 9.80 Å². The minimum absolute atomic E-state index is 0.0546. The third kappa shape index (κ3) is 3.72. The van der Waals surface area contributed by atoms with E-state index < -0.39 is 0 Å². The Kier molecular flexibility index (Phi) is 4.98. The lowest BCUT2D eigenvalue weighted by atomic mass is 9.45. The molecule has 1 saturated heterocycles. The molecule has 33 heavy (non-hydrogen) atoms. The molecule has 2 aromatic carbocycles. The Morgan fingerprint density at radius 2 is 1.97 bits per heavy atom. The highest BCUT2D eigenvalue weighted by Gasteiger charge is 2.56. The molecule has 4 aliphatic carbocycles. The second-order valence-electron chi connectivity index (χ2n) is 10.9. The lowest BCUT2D eigenvalue weighted by molar-refractivity contribution is -0.00513. The Morgan fingerprint density at radius 3 is 2.70 bits per heavy atom. The van der Waals surface area contributed by atoms with Gasteiger partial charge in [0.2, 0.25) is 0 Å². The van der Waals surface area contributed by atoms with Gasteiger partial charge in [0.25, 0.3) is 0 Å². The average Bonchev–Trinajstić information content (AvgIpc) is 2.77. The predicted octanol–water partition coefficient (Wildman–Crippen LogP) is 5.08. The number of fused-ring (bicyclic) bond motifs is 1. The van der Waals surface area contributed by atoms with E-state index in [1.807, 2.05) is 41.3 Å². The van der Waals surface area contributed by atoms with Gasteiger partial charge in [-0.2, -0.15) is 0 Å². The molecule has 4 bridgehead atoms. The van der Waals surface area contributed by atoms with Crippen LogP contribution in [-0.4, -0.2) is 49.1 Å². The Balaban J connectivity index is 1.01. The van der Waals surface area contributed by atoms with Gasteiger partial charge >= 0.3 is 6.03 Å². The summed E-state index contributed by atoms with van der Waals surface area (Å²) in [5, 5.41) is 3.03. The maximum Gasteiger partial charge on any atom is 0.321 e. The summed E-state index contributed by atoms with van der Waals surface area (Å²) in [7, 11) is 2.27. The van der Waals surface area contributed by atoms with Crippen molar-refractivity contribution in [1.29, 1.82) is 0 Å². The van der Waals surface area contributed by atoms with E-state index in [9.17, 15) is 4.79 Å². The summed E-state index contributed by atoms with van der Waals surface area (Å²) in [4.78, 5) is 17.3. The van der Waals surface area contributed by atoms with Gasteiger partial charge < -0.3 is 20.9 Å². The fourth-order valence-electron chi connectivity index (χ4n) is 7.07. The molecule has 3 unspecified atom stereocenters. The zero-order chi connectivity index (χ0) is 22.6. The van der Waals surface area contributed by atoms with Crippen molar-refractivity contribution < 1.29 is 4.79 Å². The molecule has 5 aliphatic rings. The summed E-state index contributed by atoms with van der Waals surface area (Å²) in [6.07, 6.45) is 8.14. The number of hydrogen-bond acceptors (Lipinski definition) is 3. The van der Waals surface area contributed by atoms with Crippen LogP contribution in [-0.2, 0) is 0 Å². The number of nitrogens with two attached hydrogens (primary N) is 1. The van der Waals surface area contributed by atoms with Crippen molar-refractivity contribution >= 4 is 17.4 Å². The standard InChI is InChI=1S/C28H34N4O/c1-31(18-28-13-19-7-9-24(28)23(11-19)14-28)15-20-16-32(17-20)27(33)30-26-12-22(8-10-25(26)29)21-5-3-2-4-6-21/h2-6,8-10,12,19-20,23H,7,11,13-18,29H2,1H3,(H,30,33). The number of rotatable bonds is 6. The van der Waals surface area contributed by atoms with E-state index in [4.69, 9.17) is 5.73 Å². The van der Waals surface area contributed by atoms with E-state index in [0.29, 0.717) is 22.7 Å². The van der Waals surface area contributed by atoms with E-state index in [-0.39, 0.29) is 6.03 Å². The molecule has 5 heteroatoms. The van der Waals surface area contributed by atoms with Gasteiger partial charge in [0.05, 0.1) is 11.4 Å². The monoisotopic (exact) mass is 442 g/mol. The van der Waals surface area contributed by atoms with Crippen molar-refractivity contribution in [3.8, 4) is 11.1 Å². The summed E-state index contributed by atoms with van der Waals surface area (Å²) in [6.45, 7) is 3.89. The number of amides is 2. The number of anilines is 2. The first-order chi connectivity index (χ1) is 16.0. The van der Waals surface area contributed by atoms with Gasteiger partial charge in [-0.25, -0.2) is 4.79 Å². The minimum atomic E-state index is -0.0546. The fraction of sp³-hybridized carbons (Fsp3) is 0.464. The van der Waals surface area contributed by atoms with E-state index in [2.05, 4.69) is 35.5 Å². The zero-order valence-corrected chi connectivity index (χ0v) is 19.5. The molecular weight excluding hydrogens is 408 g/mol. The molecule has 5 nitrogen and oxygen atoms in total. The molecule has 2 amide bonds. The van der Waals surface area contributed by atoms with Crippen LogP contribution in [0.4, 0.5) is 16.2 Å². The third-order valence-electron chi connectivity index (χ3n) is 8.45. The molecule has 2 aromatic rings. The molecule has 3 atom stereocenters. The van der Waals surface area contributed by atoms with E-state index in [1.54, 1.807) is 5.57 Å². The molecule has 0 aromatic heterocycles. The Morgan fingerprint density at radius 1 is 1.15 bits per heavy atom. The summed E-state index contributed by atoms with van der Waals surface area (Å²) < 4.78 is 0. The highest BCUT2D eigenvalue weighted by molar-refractivity contribution is 5.94. The molecule has 1 aliphatic heterocycles. The van der Waals surface area contributed by atoms with Crippen LogP contribution in [0.3, 0.4) is 0 Å². The fourth-order valence-corrected chi connectivity index (χ4v) is 7.07. The van der Waals surface area contributed by atoms with Crippen LogP contribution in [0.1, 0.15) is 25.7 Å². The molecule has 7 rings (SSSR count). The van der Waals surface area contributed by atoms with Crippen LogP contribution >= 0.6 is 0 Å². The normalized spacial score (nSPS) is 27.7. The largest absolute Gasteiger partial charge is 0.397 e. The molecule has 0 spiro atoms. The second-order valence-corrected chi connectivity index (χ2v) is 10.9. The van der Waals surface area contributed by atoms with E-state index >= 15 is 0 Å². The lowest BCUT2D eigenvalue weighted by Crippen LogP contribution is -2.58. The number of urea groups is 1. The third-order valence-corrected chi connectivity index (χ3v) is 8.45. The molecule has 1 heterocycles. The molecule has 172 valence electrons. The van der Waals surface area contributed by atoms with Crippen LogP contribution in [0, 0.1) is 23.2 Å². The summed E-state index contributed by atoms with van der Waals surface area (Å²) in [5.74, 6) is 2.39. The maximum atomic E-state index is 12.8. The number of carbonyl (C=O) groups excluding carboxylic acids is 1. The highest BCUT2D eigenvalue weighted by atomic mass is 16.2. The number of nitrogens with one attached hydrogen (secondary N) is 1. The molecule has 3 N–H and O–H groups in total. The number of likely N-dealkylation sites (tertiary alicyclic amines) is 1. The zero-order valence-electron chi connectivity index (χ0n) is 19.5. The highest BCUT2D eigenvalue weighted by Crippen LogP contribution is 2.65.